The van der Waals surface area contributed by atoms with Crippen LogP contribution in [0.2, 0.25) is 0 Å². The SMILES string of the molecule is CNc1ccc(C(c2ccc(I)cc2)c2c(N(C)c3ccccc3)ccc3ccccc23)cc1. The highest BCUT2D eigenvalue weighted by molar-refractivity contribution is 14.1. The van der Waals surface area contributed by atoms with Crippen molar-refractivity contribution in [2.75, 3.05) is 24.3 Å². The number of nitrogens with one attached hydrogen (secondary N) is 1. The maximum absolute atomic E-state index is 3.25. The van der Waals surface area contributed by atoms with Gasteiger partial charge in [-0.2, -0.15) is 0 Å². The Morgan fingerprint density at radius 2 is 1.29 bits per heavy atom. The van der Waals surface area contributed by atoms with Gasteiger partial charge in [0.2, 0.25) is 0 Å². The minimum atomic E-state index is 0.0927. The van der Waals surface area contributed by atoms with Crippen molar-refractivity contribution in [3.8, 4) is 0 Å². The predicted molar refractivity (Wildman–Crippen MR) is 155 cm³/mol. The van der Waals surface area contributed by atoms with Crippen molar-refractivity contribution in [1.29, 1.82) is 0 Å². The molecule has 0 aliphatic heterocycles. The average molecular weight is 554 g/mol. The Morgan fingerprint density at radius 3 is 1.97 bits per heavy atom. The van der Waals surface area contributed by atoms with Crippen LogP contribution in [0, 0.1) is 3.57 Å². The summed E-state index contributed by atoms with van der Waals surface area (Å²) in [4.78, 5) is 2.31. The van der Waals surface area contributed by atoms with Crippen molar-refractivity contribution in [1.82, 2.24) is 0 Å². The molecule has 1 N–H and O–H groups in total. The van der Waals surface area contributed by atoms with E-state index in [1.165, 1.54) is 42.4 Å². The number of fused-ring (bicyclic) bond motifs is 1. The zero-order valence-corrected chi connectivity index (χ0v) is 21.5. The maximum atomic E-state index is 3.25. The number of hydrogen-bond acceptors (Lipinski definition) is 2. The number of benzene rings is 5. The highest BCUT2D eigenvalue weighted by Gasteiger charge is 2.24. The number of anilines is 3. The zero-order chi connectivity index (χ0) is 23.5. The van der Waals surface area contributed by atoms with Crippen LogP contribution in [0.15, 0.2) is 115 Å². The number of rotatable bonds is 6. The highest BCUT2D eigenvalue weighted by Crippen LogP contribution is 2.43. The molecule has 0 heterocycles. The molecular formula is C31H27IN2. The molecule has 168 valence electrons. The van der Waals surface area contributed by atoms with E-state index in [1.807, 2.05) is 7.05 Å². The predicted octanol–water partition coefficient (Wildman–Crippen LogP) is 8.43. The van der Waals surface area contributed by atoms with Crippen LogP contribution in [0.4, 0.5) is 17.1 Å². The van der Waals surface area contributed by atoms with Crippen LogP contribution in [-0.4, -0.2) is 14.1 Å². The molecule has 5 aromatic carbocycles. The number of nitrogens with zero attached hydrogens (tertiary/aromatic N) is 1. The molecule has 0 radical (unpaired) electrons. The van der Waals surface area contributed by atoms with Crippen molar-refractivity contribution in [2.24, 2.45) is 0 Å². The lowest BCUT2D eigenvalue weighted by atomic mass is 9.81. The molecule has 0 aliphatic rings. The van der Waals surface area contributed by atoms with E-state index in [0.717, 1.165) is 5.69 Å². The van der Waals surface area contributed by atoms with Gasteiger partial charge >= 0.3 is 0 Å². The van der Waals surface area contributed by atoms with Gasteiger partial charge in [0, 0.05) is 40.6 Å². The van der Waals surface area contributed by atoms with Crippen molar-refractivity contribution < 1.29 is 0 Å². The monoisotopic (exact) mass is 554 g/mol. The Kier molecular flexibility index (Phi) is 6.54. The Balaban J connectivity index is 1.80. The van der Waals surface area contributed by atoms with Gasteiger partial charge in [-0.05, 0) is 92.5 Å². The molecule has 3 heteroatoms. The van der Waals surface area contributed by atoms with Gasteiger partial charge < -0.3 is 10.2 Å². The number of para-hydroxylation sites is 1. The minimum absolute atomic E-state index is 0.0927. The van der Waals surface area contributed by atoms with E-state index in [2.05, 4.69) is 155 Å². The highest BCUT2D eigenvalue weighted by atomic mass is 127. The van der Waals surface area contributed by atoms with E-state index in [9.17, 15) is 0 Å². The fourth-order valence-corrected chi connectivity index (χ4v) is 5.05. The Labute approximate surface area is 215 Å². The normalized spacial score (nSPS) is 11.9. The van der Waals surface area contributed by atoms with Crippen molar-refractivity contribution >= 4 is 50.4 Å². The lowest BCUT2D eigenvalue weighted by Crippen LogP contribution is -2.15. The molecule has 0 saturated carbocycles. The molecule has 5 aromatic rings. The zero-order valence-electron chi connectivity index (χ0n) is 19.4. The van der Waals surface area contributed by atoms with Gasteiger partial charge in [-0.15, -0.1) is 0 Å². The fourth-order valence-electron chi connectivity index (χ4n) is 4.69. The van der Waals surface area contributed by atoms with Crippen LogP contribution in [0.5, 0.6) is 0 Å². The van der Waals surface area contributed by atoms with E-state index in [0.29, 0.717) is 0 Å². The molecule has 0 amide bonds. The maximum Gasteiger partial charge on any atom is 0.0456 e. The van der Waals surface area contributed by atoms with Crippen LogP contribution >= 0.6 is 22.6 Å². The summed E-state index contributed by atoms with van der Waals surface area (Å²) in [7, 11) is 4.13. The summed E-state index contributed by atoms with van der Waals surface area (Å²) in [5.41, 5.74) is 7.39. The van der Waals surface area contributed by atoms with Gasteiger partial charge in [-0.1, -0.05) is 72.8 Å². The quantitative estimate of drug-likeness (QED) is 0.167. The topological polar surface area (TPSA) is 15.3 Å². The lowest BCUT2D eigenvalue weighted by Gasteiger charge is -2.29. The van der Waals surface area contributed by atoms with Gasteiger partial charge in [0.25, 0.3) is 0 Å². The molecular weight excluding hydrogens is 527 g/mol. The molecule has 0 fully saturated rings. The first kappa shape index (κ1) is 22.5. The van der Waals surface area contributed by atoms with E-state index in [1.54, 1.807) is 0 Å². The summed E-state index contributed by atoms with van der Waals surface area (Å²) in [6.45, 7) is 0. The summed E-state index contributed by atoms with van der Waals surface area (Å²) in [6, 6.07) is 41.6. The summed E-state index contributed by atoms with van der Waals surface area (Å²) in [6.07, 6.45) is 0. The van der Waals surface area contributed by atoms with Gasteiger partial charge in [0.1, 0.15) is 0 Å². The summed E-state index contributed by atoms with van der Waals surface area (Å²) >= 11 is 2.38. The third kappa shape index (κ3) is 4.40. The molecule has 0 aromatic heterocycles. The smallest absolute Gasteiger partial charge is 0.0456 e. The van der Waals surface area contributed by atoms with Crippen LogP contribution in [0.1, 0.15) is 22.6 Å². The molecule has 5 rings (SSSR count). The second-order valence-corrected chi connectivity index (χ2v) is 9.72. The van der Waals surface area contributed by atoms with Crippen molar-refractivity contribution in [3.05, 3.63) is 136 Å². The minimum Gasteiger partial charge on any atom is -0.388 e. The Bertz CT molecular complexity index is 1390. The number of halogens is 1. The molecule has 34 heavy (non-hydrogen) atoms. The van der Waals surface area contributed by atoms with Crippen molar-refractivity contribution in [2.45, 2.75) is 5.92 Å². The molecule has 1 atom stereocenters. The largest absolute Gasteiger partial charge is 0.388 e. The van der Waals surface area contributed by atoms with Crippen LogP contribution in [0.3, 0.4) is 0 Å². The molecule has 0 saturated heterocycles. The van der Waals surface area contributed by atoms with E-state index >= 15 is 0 Å². The van der Waals surface area contributed by atoms with Crippen LogP contribution in [-0.2, 0) is 0 Å². The summed E-state index contributed by atoms with van der Waals surface area (Å²) < 4.78 is 1.24. The summed E-state index contributed by atoms with van der Waals surface area (Å²) in [5, 5.41) is 5.79. The van der Waals surface area contributed by atoms with Gasteiger partial charge in [0.15, 0.2) is 0 Å². The average Bonchev–Trinajstić information content (AvgIpc) is 2.90. The molecule has 0 bridgehead atoms. The molecule has 0 aliphatic carbocycles. The second kappa shape index (κ2) is 9.90. The third-order valence-corrected chi connectivity index (χ3v) is 7.20. The number of hydrogen-bond donors (Lipinski definition) is 1. The summed E-state index contributed by atoms with van der Waals surface area (Å²) in [5.74, 6) is 0.0927. The van der Waals surface area contributed by atoms with Gasteiger partial charge in [-0.3, -0.25) is 0 Å². The van der Waals surface area contributed by atoms with Crippen molar-refractivity contribution in [3.63, 3.8) is 0 Å². The molecule has 0 spiro atoms. The Morgan fingerprint density at radius 1 is 0.676 bits per heavy atom. The molecule has 2 nitrogen and oxygen atoms in total. The Hall–Kier alpha value is -3.31. The van der Waals surface area contributed by atoms with Gasteiger partial charge in [0.05, 0.1) is 0 Å². The first-order valence-electron chi connectivity index (χ1n) is 11.5. The first-order valence-corrected chi connectivity index (χ1v) is 12.6. The third-order valence-electron chi connectivity index (χ3n) is 6.48. The standard InChI is InChI=1S/C31H27IN2/c1-33-26-19-14-24(15-20-26)30(23-12-17-25(32)18-13-23)31-28-11-7-6-8-22(28)16-21-29(31)34(2)27-9-4-3-5-10-27/h3-21,30,33H,1-2H3. The second-order valence-electron chi connectivity index (χ2n) is 8.47. The van der Waals surface area contributed by atoms with E-state index < -0.39 is 0 Å². The van der Waals surface area contributed by atoms with Crippen LogP contribution in [0.25, 0.3) is 10.8 Å². The van der Waals surface area contributed by atoms with Gasteiger partial charge in [-0.25, -0.2) is 0 Å². The lowest BCUT2D eigenvalue weighted by molar-refractivity contribution is 0.977. The molecule has 1 unspecified atom stereocenters. The van der Waals surface area contributed by atoms with E-state index in [-0.39, 0.29) is 5.92 Å². The van der Waals surface area contributed by atoms with E-state index in [4.69, 9.17) is 0 Å². The fraction of sp³-hybridized carbons (Fsp3) is 0.0968. The first-order chi connectivity index (χ1) is 16.7. The van der Waals surface area contributed by atoms with Crippen LogP contribution < -0.4 is 10.2 Å².